The third kappa shape index (κ3) is 1.50. The van der Waals surface area contributed by atoms with Crippen molar-refractivity contribution < 1.29 is 4.79 Å². The highest BCUT2D eigenvalue weighted by Gasteiger charge is 2.18. The van der Waals surface area contributed by atoms with Crippen LogP contribution in [0.4, 0.5) is 0 Å². The van der Waals surface area contributed by atoms with Crippen molar-refractivity contribution in [2.45, 2.75) is 26.2 Å². The summed E-state index contributed by atoms with van der Waals surface area (Å²) >= 11 is 0. The Labute approximate surface area is 66.8 Å². The van der Waals surface area contributed by atoms with Gasteiger partial charge in [-0.05, 0) is 31.8 Å². The van der Waals surface area contributed by atoms with Crippen LogP contribution in [0.25, 0.3) is 0 Å². The smallest absolute Gasteiger partial charge is 0.186 e. The number of rotatable bonds is 0. The average molecular weight is 151 g/mol. The molecule has 0 amide bonds. The molecule has 0 unspecified atom stereocenters. The maximum absolute atomic E-state index is 11.4. The van der Waals surface area contributed by atoms with Crippen LogP contribution in [0.2, 0.25) is 0 Å². The van der Waals surface area contributed by atoms with Gasteiger partial charge in [-0.2, -0.15) is 0 Å². The molecule has 2 heteroatoms. The molecule has 1 aliphatic carbocycles. The molecule has 11 heavy (non-hydrogen) atoms. The predicted octanol–water partition coefficient (Wildman–Crippen LogP) is 1.53. The second-order valence-electron chi connectivity index (χ2n) is 2.69. The summed E-state index contributed by atoms with van der Waals surface area (Å²) in [6.07, 6.45) is 6.11. The molecule has 0 bridgehead atoms. The first-order valence-corrected chi connectivity index (χ1v) is 3.90. The summed E-state index contributed by atoms with van der Waals surface area (Å²) in [6, 6.07) is 0. The fourth-order valence-corrected chi connectivity index (χ4v) is 1.34. The van der Waals surface area contributed by atoms with Gasteiger partial charge in [0.2, 0.25) is 0 Å². The van der Waals surface area contributed by atoms with Crippen LogP contribution in [0.3, 0.4) is 0 Å². The van der Waals surface area contributed by atoms with Gasteiger partial charge in [-0.25, -0.2) is 0 Å². The Balaban J connectivity index is 2.84. The van der Waals surface area contributed by atoms with E-state index in [4.69, 9.17) is 5.73 Å². The van der Waals surface area contributed by atoms with E-state index in [1.807, 2.05) is 13.0 Å². The lowest BCUT2D eigenvalue weighted by Crippen LogP contribution is -2.13. The number of hydrogen-bond donors (Lipinski definition) is 1. The molecular formula is C9H13NO. The number of hydrogen-bond acceptors (Lipinski definition) is 2. The monoisotopic (exact) mass is 151 g/mol. The van der Waals surface area contributed by atoms with E-state index >= 15 is 0 Å². The standard InChI is InChI=1S/C9H13NO/c1-2-7-4-3-5-8(6-10)9(7)11/h2,6H,3-5,10H2,1H3/b7-2+,8-6+. The molecule has 1 aliphatic rings. The number of allylic oxidation sites excluding steroid dienone is 3. The highest BCUT2D eigenvalue weighted by molar-refractivity contribution is 6.08. The first-order chi connectivity index (χ1) is 5.29. The van der Waals surface area contributed by atoms with Gasteiger partial charge in [-0.3, -0.25) is 4.79 Å². The van der Waals surface area contributed by atoms with Gasteiger partial charge in [-0.15, -0.1) is 0 Å². The van der Waals surface area contributed by atoms with Gasteiger partial charge < -0.3 is 5.73 Å². The molecule has 2 nitrogen and oxygen atoms in total. The first-order valence-electron chi connectivity index (χ1n) is 3.90. The third-order valence-electron chi connectivity index (χ3n) is 2.03. The fraction of sp³-hybridized carbons (Fsp3) is 0.444. The summed E-state index contributed by atoms with van der Waals surface area (Å²) in [5.74, 6) is 0.140. The Hall–Kier alpha value is -1.05. The number of Topliss-reactive ketones (excluding diaryl/α,β-unsaturated/α-hetero) is 1. The van der Waals surface area contributed by atoms with Crippen molar-refractivity contribution in [1.82, 2.24) is 0 Å². The van der Waals surface area contributed by atoms with E-state index in [9.17, 15) is 4.79 Å². The molecule has 0 spiro atoms. The van der Waals surface area contributed by atoms with Crippen LogP contribution in [-0.2, 0) is 4.79 Å². The van der Waals surface area contributed by atoms with E-state index in [0.717, 1.165) is 30.4 Å². The second kappa shape index (κ2) is 3.37. The number of carbonyl (C=O) groups is 1. The fourth-order valence-electron chi connectivity index (χ4n) is 1.34. The Morgan fingerprint density at radius 1 is 1.36 bits per heavy atom. The Morgan fingerprint density at radius 2 is 2.00 bits per heavy atom. The van der Waals surface area contributed by atoms with E-state index in [0.29, 0.717) is 0 Å². The van der Waals surface area contributed by atoms with Gasteiger partial charge in [0.15, 0.2) is 5.78 Å². The van der Waals surface area contributed by atoms with Gasteiger partial charge in [0.25, 0.3) is 0 Å². The molecule has 0 radical (unpaired) electrons. The lowest BCUT2D eigenvalue weighted by atomic mass is 9.89. The normalized spacial score (nSPS) is 26.5. The van der Waals surface area contributed by atoms with E-state index < -0.39 is 0 Å². The SMILES string of the molecule is C/C=C1\CCC/C(=C\N)C1=O. The largest absolute Gasteiger partial charge is 0.404 e. The summed E-state index contributed by atoms with van der Waals surface area (Å²) in [5, 5.41) is 0. The topological polar surface area (TPSA) is 43.1 Å². The maximum Gasteiger partial charge on any atom is 0.186 e. The predicted molar refractivity (Wildman–Crippen MR) is 44.9 cm³/mol. The highest BCUT2D eigenvalue weighted by Crippen LogP contribution is 2.23. The van der Waals surface area contributed by atoms with Crippen molar-refractivity contribution in [2.75, 3.05) is 0 Å². The zero-order chi connectivity index (χ0) is 8.27. The summed E-state index contributed by atoms with van der Waals surface area (Å²) in [5.41, 5.74) is 6.98. The maximum atomic E-state index is 11.4. The van der Waals surface area contributed by atoms with Crippen LogP contribution in [-0.4, -0.2) is 5.78 Å². The summed E-state index contributed by atoms with van der Waals surface area (Å²) in [7, 11) is 0. The minimum atomic E-state index is 0.140. The lowest BCUT2D eigenvalue weighted by Gasteiger charge is -2.14. The Bertz CT molecular complexity index is 204. The number of ketones is 1. The molecule has 0 heterocycles. The highest BCUT2D eigenvalue weighted by atomic mass is 16.1. The number of carbonyl (C=O) groups excluding carboxylic acids is 1. The Kier molecular flexibility index (Phi) is 2.47. The lowest BCUT2D eigenvalue weighted by molar-refractivity contribution is -0.113. The average Bonchev–Trinajstić information content (AvgIpc) is 2.05. The van der Waals surface area contributed by atoms with Crippen LogP contribution in [0.15, 0.2) is 23.4 Å². The quantitative estimate of drug-likeness (QED) is 0.533. The summed E-state index contributed by atoms with van der Waals surface area (Å²) in [6.45, 7) is 1.90. The van der Waals surface area contributed by atoms with Crippen molar-refractivity contribution in [3.8, 4) is 0 Å². The van der Waals surface area contributed by atoms with Crippen molar-refractivity contribution in [2.24, 2.45) is 5.73 Å². The van der Waals surface area contributed by atoms with Gasteiger partial charge in [0.05, 0.1) is 0 Å². The van der Waals surface area contributed by atoms with E-state index in [1.54, 1.807) is 0 Å². The van der Waals surface area contributed by atoms with E-state index in [1.165, 1.54) is 6.20 Å². The molecule has 1 saturated carbocycles. The van der Waals surface area contributed by atoms with Crippen molar-refractivity contribution in [1.29, 1.82) is 0 Å². The molecule has 0 aliphatic heterocycles. The second-order valence-corrected chi connectivity index (χ2v) is 2.69. The molecule has 2 N–H and O–H groups in total. The van der Waals surface area contributed by atoms with E-state index in [-0.39, 0.29) is 5.78 Å². The van der Waals surface area contributed by atoms with Gasteiger partial charge in [-0.1, -0.05) is 6.08 Å². The summed E-state index contributed by atoms with van der Waals surface area (Å²) in [4.78, 5) is 11.4. The van der Waals surface area contributed by atoms with Gasteiger partial charge >= 0.3 is 0 Å². The molecule has 1 fully saturated rings. The van der Waals surface area contributed by atoms with Crippen LogP contribution in [0.1, 0.15) is 26.2 Å². The zero-order valence-corrected chi connectivity index (χ0v) is 6.76. The van der Waals surface area contributed by atoms with Gasteiger partial charge in [0.1, 0.15) is 0 Å². The minimum Gasteiger partial charge on any atom is -0.404 e. The number of nitrogens with two attached hydrogens (primary N) is 1. The van der Waals surface area contributed by atoms with E-state index in [2.05, 4.69) is 0 Å². The van der Waals surface area contributed by atoms with Crippen LogP contribution >= 0.6 is 0 Å². The molecule has 0 aromatic rings. The van der Waals surface area contributed by atoms with Crippen molar-refractivity contribution >= 4 is 5.78 Å². The molecule has 60 valence electrons. The Morgan fingerprint density at radius 3 is 2.55 bits per heavy atom. The zero-order valence-electron chi connectivity index (χ0n) is 6.76. The molecule has 0 saturated heterocycles. The van der Waals surface area contributed by atoms with Crippen LogP contribution < -0.4 is 5.73 Å². The molecule has 0 aromatic heterocycles. The van der Waals surface area contributed by atoms with Crippen LogP contribution in [0.5, 0.6) is 0 Å². The molecular weight excluding hydrogens is 138 g/mol. The summed E-state index contributed by atoms with van der Waals surface area (Å²) < 4.78 is 0. The third-order valence-corrected chi connectivity index (χ3v) is 2.03. The molecule has 0 aromatic carbocycles. The van der Waals surface area contributed by atoms with Crippen LogP contribution in [0, 0.1) is 0 Å². The minimum absolute atomic E-state index is 0.140. The molecule has 0 atom stereocenters. The van der Waals surface area contributed by atoms with Gasteiger partial charge in [0, 0.05) is 11.8 Å². The van der Waals surface area contributed by atoms with Crippen molar-refractivity contribution in [3.05, 3.63) is 23.4 Å². The molecule has 1 rings (SSSR count). The van der Waals surface area contributed by atoms with Crippen molar-refractivity contribution in [3.63, 3.8) is 0 Å². The first kappa shape index (κ1) is 8.05.